The van der Waals surface area contributed by atoms with Crippen LogP contribution in [0.1, 0.15) is 19.5 Å². The predicted octanol–water partition coefficient (Wildman–Crippen LogP) is 4.16. The van der Waals surface area contributed by atoms with Gasteiger partial charge in [0.1, 0.15) is 5.15 Å². The van der Waals surface area contributed by atoms with E-state index < -0.39 is 0 Å². The van der Waals surface area contributed by atoms with Gasteiger partial charge in [0, 0.05) is 0 Å². The van der Waals surface area contributed by atoms with Crippen LogP contribution in [0, 0.1) is 0 Å². The van der Waals surface area contributed by atoms with Crippen molar-refractivity contribution in [2.75, 3.05) is 0 Å². The van der Waals surface area contributed by atoms with Gasteiger partial charge in [-0.3, -0.25) is 0 Å². The number of hydrogen-bond donors (Lipinski definition) is 0. The number of allylic oxidation sites excluding steroid dienone is 4. The minimum atomic E-state index is 0.423. The van der Waals surface area contributed by atoms with Gasteiger partial charge in [0.05, 0.1) is 11.9 Å². The molecule has 0 aliphatic carbocycles. The van der Waals surface area contributed by atoms with E-state index in [1.54, 1.807) is 22.9 Å². The summed E-state index contributed by atoms with van der Waals surface area (Å²) in [6, 6.07) is 3.51. The molecule has 2 rings (SSSR count). The second-order valence-corrected chi connectivity index (χ2v) is 3.58. The molecule has 0 saturated heterocycles. The summed E-state index contributed by atoms with van der Waals surface area (Å²) in [6.07, 6.45) is 7.06. The van der Waals surface area contributed by atoms with Crippen molar-refractivity contribution in [3.63, 3.8) is 0 Å². The molecule has 0 unspecified atom stereocenters. The molecule has 0 aliphatic heterocycles. The molecule has 0 spiro atoms. The van der Waals surface area contributed by atoms with Crippen molar-refractivity contribution >= 4 is 22.8 Å². The van der Waals surface area contributed by atoms with Crippen molar-refractivity contribution in [3.8, 4) is 0 Å². The van der Waals surface area contributed by atoms with Crippen LogP contribution in [0.2, 0.25) is 5.15 Å². The standard InChI is InChI=1S/C12H10ClN3.C2H6/c1-3-4-5-9(2)10-8-14-12-7-6-11(13)15-16(10)12;1-2/h3-8H,1-2H2;1-2H3/b5-4-;. The molecule has 18 heavy (non-hydrogen) atoms. The lowest BCUT2D eigenvalue weighted by Gasteiger charge is -1.99. The number of hydrogen-bond acceptors (Lipinski definition) is 2. The zero-order valence-electron chi connectivity index (χ0n) is 10.6. The Bertz CT molecular complexity index is 582. The minimum absolute atomic E-state index is 0.423. The molecule has 0 atom stereocenters. The first kappa shape index (κ1) is 14.2. The fourth-order valence-corrected chi connectivity index (χ4v) is 1.48. The third-order valence-electron chi connectivity index (χ3n) is 2.09. The Kier molecular flexibility index (Phi) is 5.33. The van der Waals surface area contributed by atoms with Crippen LogP contribution in [0.25, 0.3) is 11.2 Å². The predicted molar refractivity (Wildman–Crippen MR) is 77.7 cm³/mol. The molecule has 2 aromatic heterocycles. The zero-order chi connectivity index (χ0) is 13.5. The highest BCUT2D eigenvalue weighted by Gasteiger charge is 2.05. The number of halogens is 1. The third-order valence-corrected chi connectivity index (χ3v) is 2.29. The van der Waals surface area contributed by atoms with Crippen LogP contribution in [-0.2, 0) is 0 Å². The zero-order valence-corrected chi connectivity index (χ0v) is 11.4. The second kappa shape index (κ2) is 6.77. The normalized spacial score (nSPS) is 10.2. The summed E-state index contributed by atoms with van der Waals surface area (Å²) in [4.78, 5) is 4.21. The Hall–Kier alpha value is -1.87. The third kappa shape index (κ3) is 3.08. The molecule has 0 radical (unpaired) electrons. The van der Waals surface area contributed by atoms with Gasteiger partial charge in [-0.25, -0.2) is 9.50 Å². The van der Waals surface area contributed by atoms with E-state index in [2.05, 4.69) is 23.2 Å². The van der Waals surface area contributed by atoms with Gasteiger partial charge < -0.3 is 0 Å². The maximum absolute atomic E-state index is 5.83. The average Bonchev–Trinajstić information content (AvgIpc) is 2.81. The van der Waals surface area contributed by atoms with Gasteiger partial charge in [-0.15, -0.1) is 0 Å². The maximum atomic E-state index is 5.83. The fraction of sp³-hybridized carbons (Fsp3) is 0.143. The first-order valence-electron chi connectivity index (χ1n) is 5.71. The number of rotatable bonds is 3. The van der Waals surface area contributed by atoms with Gasteiger partial charge in [0.2, 0.25) is 0 Å². The molecule has 0 fully saturated rings. The highest BCUT2D eigenvalue weighted by atomic mass is 35.5. The first-order chi connectivity index (χ1) is 8.72. The van der Waals surface area contributed by atoms with E-state index in [0.29, 0.717) is 5.15 Å². The van der Waals surface area contributed by atoms with E-state index in [4.69, 9.17) is 11.6 Å². The topological polar surface area (TPSA) is 30.2 Å². The Balaban J connectivity index is 0.000000771. The molecule has 0 saturated carbocycles. The Morgan fingerprint density at radius 2 is 2.11 bits per heavy atom. The molecule has 2 heterocycles. The molecule has 4 heteroatoms. The van der Waals surface area contributed by atoms with Gasteiger partial charge in [0.15, 0.2) is 5.65 Å². The fourth-order valence-electron chi connectivity index (χ4n) is 1.34. The summed E-state index contributed by atoms with van der Waals surface area (Å²) < 4.78 is 1.66. The Labute approximate surface area is 112 Å². The summed E-state index contributed by atoms with van der Waals surface area (Å²) in [5.74, 6) is 0. The molecule has 3 nitrogen and oxygen atoms in total. The van der Waals surface area contributed by atoms with Crippen LogP contribution in [0.15, 0.2) is 49.7 Å². The lowest BCUT2D eigenvalue weighted by Crippen LogP contribution is -1.95. The van der Waals surface area contributed by atoms with Crippen molar-refractivity contribution in [3.05, 3.63) is 60.6 Å². The Morgan fingerprint density at radius 3 is 2.78 bits per heavy atom. The molecule has 0 N–H and O–H groups in total. The molecule has 94 valence electrons. The van der Waals surface area contributed by atoms with Crippen molar-refractivity contribution in [1.82, 2.24) is 14.6 Å². The number of fused-ring (bicyclic) bond motifs is 1. The van der Waals surface area contributed by atoms with Crippen LogP contribution in [0.4, 0.5) is 0 Å². The van der Waals surface area contributed by atoms with Crippen LogP contribution in [0.5, 0.6) is 0 Å². The van der Waals surface area contributed by atoms with Crippen molar-refractivity contribution in [2.24, 2.45) is 0 Å². The molecular formula is C14H16ClN3. The highest BCUT2D eigenvalue weighted by molar-refractivity contribution is 6.29. The highest BCUT2D eigenvalue weighted by Crippen LogP contribution is 2.16. The van der Waals surface area contributed by atoms with Crippen LogP contribution in [0.3, 0.4) is 0 Å². The monoisotopic (exact) mass is 261 g/mol. The molecule has 0 aromatic carbocycles. The summed E-state index contributed by atoms with van der Waals surface area (Å²) in [5.41, 5.74) is 2.37. The van der Waals surface area contributed by atoms with Crippen LogP contribution >= 0.6 is 11.6 Å². The van der Waals surface area contributed by atoms with Crippen LogP contribution < -0.4 is 0 Å². The molecular weight excluding hydrogens is 246 g/mol. The number of aromatic nitrogens is 3. The van der Waals surface area contributed by atoms with Gasteiger partial charge in [-0.05, 0) is 17.7 Å². The smallest absolute Gasteiger partial charge is 0.154 e. The second-order valence-electron chi connectivity index (χ2n) is 3.19. The van der Waals surface area contributed by atoms with E-state index in [9.17, 15) is 0 Å². The maximum Gasteiger partial charge on any atom is 0.154 e. The summed E-state index contributed by atoms with van der Waals surface area (Å²) in [6.45, 7) is 11.5. The largest absolute Gasteiger partial charge is 0.235 e. The van der Waals surface area contributed by atoms with Crippen LogP contribution in [-0.4, -0.2) is 14.6 Å². The van der Waals surface area contributed by atoms with Gasteiger partial charge >= 0.3 is 0 Å². The van der Waals surface area contributed by atoms with Crippen molar-refractivity contribution in [2.45, 2.75) is 13.8 Å². The summed E-state index contributed by atoms with van der Waals surface area (Å²) in [7, 11) is 0. The lowest BCUT2D eigenvalue weighted by molar-refractivity contribution is 0.923. The average molecular weight is 262 g/mol. The summed E-state index contributed by atoms with van der Waals surface area (Å²) >= 11 is 5.83. The van der Waals surface area contributed by atoms with Gasteiger partial charge in [-0.2, -0.15) is 5.10 Å². The molecule has 0 aliphatic rings. The van der Waals surface area contributed by atoms with E-state index in [1.165, 1.54) is 0 Å². The van der Waals surface area contributed by atoms with Gasteiger partial charge in [-0.1, -0.05) is 56.8 Å². The van der Waals surface area contributed by atoms with Crippen molar-refractivity contribution < 1.29 is 0 Å². The quantitative estimate of drug-likeness (QED) is 0.777. The Morgan fingerprint density at radius 1 is 1.39 bits per heavy atom. The van der Waals surface area contributed by atoms with E-state index in [0.717, 1.165) is 16.9 Å². The van der Waals surface area contributed by atoms with Gasteiger partial charge in [0.25, 0.3) is 0 Å². The molecule has 2 aromatic rings. The number of nitrogens with zero attached hydrogens (tertiary/aromatic N) is 3. The lowest BCUT2D eigenvalue weighted by atomic mass is 10.2. The summed E-state index contributed by atoms with van der Waals surface area (Å²) in [5, 5.41) is 4.59. The first-order valence-corrected chi connectivity index (χ1v) is 6.09. The van der Waals surface area contributed by atoms with E-state index in [-0.39, 0.29) is 0 Å². The van der Waals surface area contributed by atoms with E-state index in [1.807, 2.05) is 32.1 Å². The number of imidazole rings is 1. The molecule has 0 bridgehead atoms. The SMILES string of the molecule is C=C/C=C\C(=C)c1cnc2ccc(Cl)nn12.CC. The van der Waals surface area contributed by atoms with E-state index >= 15 is 0 Å². The molecule has 0 amide bonds. The minimum Gasteiger partial charge on any atom is -0.235 e. The van der Waals surface area contributed by atoms with Crippen molar-refractivity contribution in [1.29, 1.82) is 0 Å².